The Morgan fingerprint density at radius 1 is 1.43 bits per heavy atom. The molecule has 2 aromatic rings. The van der Waals surface area contributed by atoms with Crippen molar-refractivity contribution in [2.24, 2.45) is 0 Å². The predicted molar refractivity (Wildman–Crippen MR) is 75.8 cm³/mol. The summed E-state index contributed by atoms with van der Waals surface area (Å²) in [6.45, 7) is 2.11. The molecule has 0 radical (unpaired) electrons. The third kappa shape index (κ3) is 2.18. The van der Waals surface area contributed by atoms with Gasteiger partial charge in [0.25, 0.3) is 5.69 Å². The molecule has 0 bridgehead atoms. The highest BCUT2D eigenvalue weighted by Gasteiger charge is 2.23. The summed E-state index contributed by atoms with van der Waals surface area (Å²) in [5, 5.41) is 14.0. The van der Waals surface area contributed by atoms with Crippen LogP contribution in [0.15, 0.2) is 42.5 Å². The summed E-state index contributed by atoms with van der Waals surface area (Å²) in [7, 11) is 0. The highest BCUT2D eigenvalue weighted by molar-refractivity contribution is 6.05. The van der Waals surface area contributed by atoms with Gasteiger partial charge < -0.3 is 9.88 Å². The summed E-state index contributed by atoms with van der Waals surface area (Å²) in [6.07, 6.45) is 4.71. The minimum absolute atomic E-state index is 0.0230. The van der Waals surface area contributed by atoms with Crippen molar-refractivity contribution in [1.82, 2.24) is 14.9 Å². The summed E-state index contributed by atoms with van der Waals surface area (Å²) in [6, 6.07) is 4.94. The first kappa shape index (κ1) is 13.0. The SMILES string of the molecule is CC1=C(c2ccc(-n3ccnc3)c([N+](=O)[O-])c2)CNC1=O. The Morgan fingerprint density at radius 3 is 2.81 bits per heavy atom. The molecule has 1 aliphatic heterocycles. The first-order chi connectivity index (χ1) is 10.1. The van der Waals surface area contributed by atoms with E-state index in [-0.39, 0.29) is 11.6 Å². The molecular formula is C14H12N4O3. The zero-order chi connectivity index (χ0) is 15.0. The number of carbonyl (C=O) groups is 1. The molecule has 1 aliphatic rings. The van der Waals surface area contributed by atoms with Crippen LogP contribution in [0.25, 0.3) is 11.3 Å². The molecule has 0 saturated heterocycles. The number of aromatic nitrogens is 2. The van der Waals surface area contributed by atoms with Crippen LogP contribution >= 0.6 is 0 Å². The lowest BCUT2D eigenvalue weighted by atomic mass is 10.0. The van der Waals surface area contributed by atoms with E-state index in [1.54, 1.807) is 36.0 Å². The largest absolute Gasteiger partial charge is 0.348 e. The number of rotatable bonds is 3. The van der Waals surface area contributed by atoms with Crippen LogP contribution in [0, 0.1) is 10.1 Å². The van der Waals surface area contributed by atoms with Gasteiger partial charge >= 0.3 is 0 Å². The van der Waals surface area contributed by atoms with Crippen molar-refractivity contribution in [3.63, 3.8) is 0 Å². The highest BCUT2D eigenvalue weighted by Crippen LogP contribution is 2.30. The summed E-state index contributed by atoms with van der Waals surface area (Å²) in [4.78, 5) is 26.3. The Kier molecular flexibility index (Phi) is 3.02. The van der Waals surface area contributed by atoms with E-state index >= 15 is 0 Å². The number of nitro groups is 1. The van der Waals surface area contributed by atoms with Gasteiger partial charge in [-0.2, -0.15) is 0 Å². The third-order valence-corrected chi connectivity index (χ3v) is 3.52. The van der Waals surface area contributed by atoms with Gasteiger partial charge in [0.2, 0.25) is 5.91 Å². The van der Waals surface area contributed by atoms with Gasteiger partial charge in [-0.3, -0.25) is 14.9 Å². The smallest absolute Gasteiger partial charge is 0.293 e. The number of nitrogens with zero attached hydrogens (tertiary/aromatic N) is 3. The van der Waals surface area contributed by atoms with Crippen LogP contribution in [-0.4, -0.2) is 26.9 Å². The fraction of sp³-hybridized carbons (Fsp3) is 0.143. The maximum Gasteiger partial charge on any atom is 0.293 e. The summed E-state index contributed by atoms with van der Waals surface area (Å²) in [5.74, 6) is -0.133. The molecule has 1 N–H and O–H groups in total. The van der Waals surface area contributed by atoms with Crippen LogP contribution in [0.3, 0.4) is 0 Å². The molecular weight excluding hydrogens is 272 g/mol. The Hall–Kier alpha value is -2.96. The molecule has 7 heteroatoms. The van der Waals surface area contributed by atoms with Gasteiger partial charge in [0.05, 0.1) is 11.3 Å². The van der Waals surface area contributed by atoms with Crippen LogP contribution in [0.4, 0.5) is 5.69 Å². The van der Waals surface area contributed by atoms with Crippen molar-refractivity contribution < 1.29 is 9.72 Å². The molecule has 0 spiro atoms. The Morgan fingerprint density at radius 2 is 2.24 bits per heavy atom. The quantitative estimate of drug-likeness (QED) is 0.686. The third-order valence-electron chi connectivity index (χ3n) is 3.52. The fourth-order valence-corrected chi connectivity index (χ4v) is 2.37. The van der Waals surface area contributed by atoms with Gasteiger partial charge in [0.1, 0.15) is 5.69 Å². The van der Waals surface area contributed by atoms with Crippen molar-refractivity contribution in [3.05, 3.63) is 58.2 Å². The van der Waals surface area contributed by atoms with Crippen LogP contribution in [-0.2, 0) is 4.79 Å². The number of nitrogens with one attached hydrogen (secondary N) is 1. The highest BCUT2D eigenvalue weighted by atomic mass is 16.6. The minimum Gasteiger partial charge on any atom is -0.348 e. The molecule has 1 aromatic heterocycles. The number of carbonyl (C=O) groups excluding carboxylic acids is 1. The van der Waals surface area contributed by atoms with E-state index in [1.807, 2.05) is 0 Å². The molecule has 3 rings (SSSR count). The lowest BCUT2D eigenvalue weighted by molar-refractivity contribution is -0.384. The van der Waals surface area contributed by atoms with Gasteiger partial charge in [-0.1, -0.05) is 6.07 Å². The second-order valence-electron chi connectivity index (χ2n) is 4.72. The van der Waals surface area contributed by atoms with Crippen LogP contribution < -0.4 is 5.32 Å². The van der Waals surface area contributed by atoms with E-state index in [1.165, 1.54) is 12.4 Å². The molecule has 106 valence electrons. The Balaban J connectivity index is 2.13. The van der Waals surface area contributed by atoms with E-state index in [4.69, 9.17) is 0 Å². The van der Waals surface area contributed by atoms with Crippen molar-refractivity contribution >= 4 is 17.2 Å². The van der Waals surface area contributed by atoms with E-state index in [2.05, 4.69) is 10.3 Å². The lowest BCUT2D eigenvalue weighted by Gasteiger charge is -2.07. The van der Waals surface area contributed by atoms with Crippen molar-refractivity contribution in [1.29, 1.82) is 0 Å². The van der Waals surface area contributed by atoms with Crippen molar-refractivity contribution in [2.75, 3.05) is 6.54 Å². The average Bonchev–Trinajstić information content (AvgIpc) is 3.10. The van der Waals surface area contributed by atoms with Gasteiger partial charge in [-0.25, -0.2) is 4.98 Å². The van der Waals surface area contributed by atoms with Crippen LogP contribution in [0.2, 0.25) is 0 Å². The fourth-order valence-electron chi connectivity index (χ4n) is 2.37. The summed E-state index contributed by atoms with van der Waals surface area (Å²) >= 11 is 0. The predicted octanol–water partition coefficient (Wildman–Crippen LogP) is 1.68. The molecule has 21 heavy (non-hydrogen) atoms. The van der Waals surface area contributed by atoms with Crippen molar-refractivity contribution in [2.45, 2.75) is 6.92 Å². The van der Waals surface area contributed by atoms with Crippen LogP contribution in [0.1, 0.15) is 12.5 Å². The molecule has 0 atom stereocenters. The number of nitro benzene ring substituents is 1. The molecule has 0 unspecified atom stereocenters. The first-order valence-corrected chi connectivity index (χ1v) is 6.33. The molecule has 0 fully saturated rings. The molecule has 0 saturated carbocycles. The monoisotopic (exact) mass is 284 g/mol. The minimum atomic E-state index is -0.432. The number of hydrogen-bond acceptors (Lipinski definition) is 4. The molecule has 1 amide bonds. The topological polar surface area (TPSA) is 90.1 Å². The maximum atomic E-state index is 11.5. The zero-order valence-corrected chi connectivity index (χ0v) is 11.2. The average molecular weight is 284 g/mol. The molecule has 7 nitrogen and oxygen atoms in total. The normalized spacial score (nSPS) is 14.4. The van der Waals surface area contributed by atoms with Crippen LogP contribution in [0.5, 0.6) is 0 Å². The second-order valence-corrected chi connectivity index (χ2v) is 4.72. The second kappa shape index (κ2) is 4.86. The maximum absolute atomic E-state index is 11.5. The van der Waals surface area contributed by atoms with Gasteiger partial charge in [-0.05, 0) is 24.1 Å². The van der Waals surface area contributed by atoms with Gasteiger partial charge in [0, 0.05) is 30.6 Å². The standard InChI is InChI=1S/C14H12N4O3/c1-9-11(7-16-14(9)19)10-2-3-12(13(6-10)18(20)21)17-5-4-15-8-17/h2-6,8H,7H2,1H3,(H,16,19). The summed E-state index contributed by atoms with van der Waals surface area (Å²) in [5.41, 5.74) is 2.49. The molecule has 2 heterocycles. The zero-order valence-electron chi connectivity index (χ0n) is 11.2. The number of hydrogen-bond donors (Lipinski definition) is 1. The lowest BCUT2D eigenvalue weighted by Crippen LogP contribution is -2.16. The van der Waals surface area contributed by atoms with E-state index < -0.39 is 4.92 Å². The summed E-state index contributed by atoms with van der Waals surface area (Å²) < 4.78 is 1.58. The molecule has 1 aromatic carbocycles. The van der Waals surface area contributed by atoms with Gasteiger partial charge in [0.15, 0.2) is 0 Å². The van der Waals surface area contributed by atoms with E-state index in [9.17, 15) is 14.9 Å². The van der Waals surface area contributed by atoms with E-state index in [0.717, 1.165) is 5.57 Å². The number of benzene rings is 1. The van der Waals surface area contributed by atoms with Gasteiger partial charge in [-0.15, -0.1) is 0 Å². The first-order valence-electron chi connectivity index (χ1n) is 6.33. The Bertz CT molecular complexity index is 763. The Labute approximate surface area is 120 Å². The number of imidazole rings is 1. The number of amides is 1. The molecule has 0 aliphatic carbocycles. The van der Waals surface area contributed by atoms with Crippen molar-refractivity contribution in [3.8, 4) is 5.69 Å². The van der Waals surface area contributed by atoms with E-state index in [0.29, 0.717) is 23.4 Å².